The van der Waals surface area contributed by atoms with Crippen molar-refractivity contribution in [2.24, 2.45) is 0 Å². The molecule has 3 aromatic heterocycles. The van der Waals surface area contributed by atoms with Gasteiger partial charge in [-0.2, -0.15) is 0 Å². The molecule has 0 saturated carbocycles. The van der Waals surface area contributed by atoms with Gasteiger partial charge in [-0.25, -0.2) is 27.2 Å². The Hall–Kier alpha value is -3.44. The van der Waals surface area contributed by atoms with Crippen LogP contribution >= 0.6 is 0 Å². The molecular formula is C25H29N5O5S. The second kappa shape index (κ2) is 8.59. The highest BCUT2D eigenvalue weighted by molar-refractivity contribution is 7.90. The van der Waals surface area contributed by atoms with E-state index in [1.54, 1.807) is 48.2 Å². The zero-order valence-corrected chi connectivity index (χ0v) is 21.4. The van der Waals surface area contributed by atoms with Crippen molar-refractivity contribution in [1.82, 2.24) is 23.4 Å². The molecule has 1 saturated heterocycles. The molecule has 1 aromatic carbocycles. The summed E-state index contributed by atoms with van der Waals surface area (Å²) in [5.74, 6) is 0.439. The number of benzene rings is 1. The zero-order valence-electron chi connectivity index (χ0n) is 20.6. The highest BCUT2D eigenvalue weighted by Gasteiger charge is 2.34. The van der Waals surface area contributed by atoms with Crippen molar-refractivity contribution in [1.29, 1.82) is 0 Å². The minimum atomic E-state index is -3.86. The lowest BCUT2D eigenvalue weighted by atomic mass is 10.2. The van der Waals surface area contributed by atoms with Crippen LogP contribution in [0.2, 0.25) is 0 Å². The summed E-state index contributed by atoms with van der Waals surface area (Å²) in [6.45, 7) is 7.98. The van der Waals surface area contributed by atoms with E-state index in [2.05, 4.69) is 9.97 Å². The summed E-state index contributed by atoms with van der Waals surface area (Å²) in [6, 6.07) is 9.71. The Labute approximate surface area is 209 Å². The number of aliphatic hydroxyl groups excluding tert-OH is 1. The van der Waals surface area contributed by atoms with E-state index in [-0.39, 0.29) is 22.7 Å². The van der Waals surface area contributed by atoms with Crippen molar-refractivity contribution < 1.29 is 23.1 Å². The van der Waals surface area contributed by atoms with Gasteiger partial charge in [0.05, 0.1) is 22.7 Å². The van der Waals surface area contributed by atoms with Gasteiger partial charge in [-0.05, 0) is 52.3 Å². The zero-order chi connectivity index (χ0) is 25.8. The minimum absolute atomic E-state index is 0.159. The summed E-state index contributed by atoms with van der Waals surface area (Å²) in [7, 11) is -3.86. The molecule has 0 radical (unpaired) electrons. The van der Waals surface area contributed by atoms with Gasteiger partial charge in [0, 0.05) is 24.7 Å². The monoisotopic (exact) mass is 511 g/mol. The molecule has 0 aliphatic carbocycles. The fourth-order valence-corrected chi connectivity index (χ4v) is 6.00. The van der Waals surface area contributed by atoms with Crippen molar-refractivity contribution in [3.05, 3.63) is 54.6 Å². The Morgan fingerprint density at radius 1 is 1.19 bits per heavy atom. The van der Waals surface area contributed by atoms with Crippen LogP contribution in [0.4, 0.5) is 4.79 Å². The summed E-state index contributed by atoms with van der Waals surface area (Å²) < 4.78 is 35.3. The molecule has 1 aliphatic rings. The van der Waals surface area contributed by atoms with E-state index in [1.165, 1.54) is 12.4 Å². The molecule has 11 heteroatoms. The van der Waals surface area contributed by atoms with Gasteiger partial charge in [-0.1, -0.05) is 18.2 Å². The quantitative estimate of drug-likeness (QED) is 0.442. The summed E-state index contributed by atoms with van der Waals surface area (Å²) in [4.78, 5) is 23.5. The van der Waals surface area contributed by atoms with Gasteiger partial charge in [0.2, 0.25) is 0 Å². The Morgan fingerprint density at radius 2 is 1.92 bits per heavy atom. The van der Waals surface area contributed by atoms with Gasteiger partial charge in [-0.15, -0.1) is 0 Å². The van der Waals surface area contributed by atoms with Crippen molar-refractivity contribution in [2.75, 3.05) is 13.1 Å². The van der Waals surface area contributed by atoms with Crippen LogP contribution in [0.1, 0.15) is 52.1 Å². The van der Waals surface area contributed by atoms with Crippen LogP contribution in [0.5, 0.6) is 0 Å². The van der Waals surface area contributed by atoms with Crippen LogP contribution in [0.3, 0.4) is 0 Å². The number of rotatable bonds is 4. The van der Waals surface area contributed by atoms with Crippen LogP contribution < -0.4 is 0 Å². The average Bonchev–Trinajstić information content (AvgIpc) is 3.54. The van der Waals surface area contributed by atoms with Gasteiger partial charge in [-0.3, -0.25) is 0 Å². The van der Waals surface area contributed by atoms with Crippen molar-refractivity contribution in [3.8, 4) is 0 Å². The first-order valence-corrected chi connectivity index (χ1v) is 13.3. The molecule has 2 atom stereocenters. The number of pyridine rings is 1. The second-order valence-electron chi connectivity index (χ2n) is 10.0. The van der Waals surface area contributed by atoms with Crippen molar-refractivity contribution >= 4 is 38.2 Å². The number of aliphatic hydroxyl groups is 1. The fraction of sp³-hybridized carbons (Fsp3) is 0.400. The van der Waals surface area contributed by atoms with Crippen LogP contribution in [0.25, 0.3) is 22.1 Å². The lowest BCUT2D eigenvalue weighted by molar-refractivity contribution is 0.0289. The lowest BCUT2D eigenvalue weighted by Gasteiger charge is -2.25. The number of hydrogen-bond acceptors (Lipinski definition) is 7. The highest BCUT2D eigenvalue weighted by Crippen LogP contribution is 2.35. The second-order valence-corrected chi connectivity index (χ2v) is 11.9. The maximum absolute atomic E-state index is 13.3. The minimum Gasteiger partial charge on any atom is -0.444 e. The molecule has 190 valence electrons. The van der Waals surface area contributed by atoms with Gasteiger partial charge in [0.1, 0.15) is 23.0 Å². The number of nitrogens with zero attached hydrogens (tertiary/aromatic N) is 5. The third-order valence-electron chi connectivity index (χ3n) is 6.21. The number of hydrogen-bond donors (Lipinski definition) is 1. The number of likely N-dealkylation sites (tertiary alicyclic amines) is 1. The number of carbonyl (C=O) groups excluding carboxylic acids is 1. The normalized spacial score (nSPS) is 17.7. The first kappa shape index (κ1) is 24.3. The summed E-state index contributed by atoms with van der Waals surface area (Å²) in [6.07, 6.45) is 2.38. The van der Waals surface area contributed by atoms with Gasteiger partial charge in [0.15, 0.2) is 5.65 Å². The third kappa shape index (κ3) is 4.11. The van der Waals surface area contributed by atoms with E-state index in [1.807, 2.05) is 25.3 Å². The Balaban J connectivity index is 1.62. The summed E-state index contributed by atoms with van der Waals surface area (Å²) >= 11 is 0. The maximum Gasteiger partial charge on any atom is 0.410 e. The van der Waals surface area contributed by atoms with E-state index in [0.29, 0.717) is 41.8 Å². The lowest BCUT2D eigenvalue weighted by Crippen LogP contribution is -2.35. The van der Waals surface area contributed by atoms with Crippen molar-refractivity contribution in [2.45, 2.75) is 56.8 Å². The summed E-state index contributed by atoms with van der Waals surface area (Å²) in [5, 5.41) is 11.1. The molecule has 4 aromatic rings. The number of fused-ring (bicyclic) bond motifs is 3. The topological polar surface area (TPSA) is 120 Å². The average molecular weight is 512 g/mol. The van der Waals surface area contributed by atoms with Crippen LogP contribution in [0, 0.1) is 0 Å². The Bertz CT molecular complexity index is 1550. The number of amides is 1. The number of carbonyl (C=O) groups is 1. The van der Waals surface area contributed by atoms with Crippen LogP contribution in [-0.2, 0) is 14.8 Å². The first-order chi connectivity index (χ1) is 17.0. The summed E-state index contributed by atoms with van der Waals surface area (Å²) in [5.41, 5.74) is 0.886. The Kier molecular flexibility index (Phi) is 5.79. The molecule has 5 rings (SSSR count). The van der Waals surface area contributed by atoms with Crippen LogP contribution in [-0.4, -0.2) is 61.7 Å². The van der Waals surface area contributed by atoms with Gasteiger partial charge in [0.25, 0.3) is 10.0 Å². The molecule has 10 nitrogen and oxygen atoms in total. The molecule has 1 aliphatic heterocycles. The fourth-order valence-electron chi connectivity index (χ4n) is 4.67. The molecule has 0 bridgehead atoms. The van der Waals surface area contributed by atoms with E-state index >= 15 is 0 Å². The molecule has 36 heavy (non-hydrogen) atoms. The van der Waals surface area contributed by atoms with E-state index < -0.39 is 21.7 Å². The first-order valence-electron chi connectivity index (χ1n) is 11.8. The van der Waals surface area contributed by atoms with Gasteiger partial charge >= 0.3 is 6.09 Å². The number of ether oxygens (including phenoxy) is 1. The maximum atomic E-state index is 13.3. The molecule has 0 unspecified atom stereocenters. The van der Waals surface area contributed by atoms with E-state index in [0.717, 1.165) is 3.97 Å². The number of imidazole rings is 1. The molecule has 0 spiro atoms. The molecule has 1 N–H and O–H groups in total. The Morgan fingerprint density at radius 3 is 2.58 bits per heavy atom. The third-order valence-corrected chi connectivity index (χ3v) is 7.89. The smallest absolute Gasteiger partial charge is 0.410 e. The molecular weight excluding hydrogens is 482 g/mol. The van der Waals surface area contributed by atoms with Crippen molar-refractivity contribution in [3.63, 3.8) is 0 Å². The number of aromatic nitrogens is 4. The van der Waals surface area contributed by atoms with Crippen LogP contribution in [0.15, 0.2) is 53.7 Å². The molecule has 4 heterocycles. The standard InChI is InChI=1S/C25H29N5O5S/c1-16(31)22-27-20-14-26-23-19(11-13-29(23)36(33,34)18-8-6-5-7-9-18)21(20)30(22)17-10-12-28(15-17)24(32)35-25(2,3)4/h5-9,11,13-14,16-17,31H,10,12,15H2,1-4H3/t16-,17-/m1/s1. The SMILES string of the molecule is C[C@@H](O)c1nc2cnc3c(ccn3S(=O)(=O)c3ccccc3)c2n1[C@@H]1CCN(C(=O)OC(C)(C)C)C1. The van der Waals surface area contributed by atoms with Gasteiger partial charge < -0.3 is 19.3 Å². The predicted octanol–water partition coefficient (Wildman–Crippen LogP) is 3.86. The van der Waals surface area contributed by atoms with E-state index in [9.17, 15) is 18.3 Å². The molecule has 1 fully saturated rings. The molecule has 1 amide bonds. The van der Waals surface area contributed by atoms with E-state index in [4.69, 9.17) is 4.74 Å². The predicted molar refractivity (Wildman–Crippen MR) is 134 cm³/mol. The highest BCUT2D eigenvalue weighted by atomic mass is 32.2. The largest absolute Gasteiger partial charge is 0.444 e.